The van der Waals surface area contributed by atoms with Gasteiger partial charge in [0.25, 0.3) is 0 Å². The molecule has 1 rings (SSSR count). The first-order valence-electron chi connectivity index (χ1n) is 3.23. The smallest absolute Gasteiger partial charge is 0.0622 e. The summed E-state index contributed by atoms with van der Waals surface area (Å²) in [6, 6.07) is 5.81. The molecule has 58 valence electrons. The van der Waals surface area contributed by atoms with Gasteiger partial charge in [-0.15, -0.1) is 0 Å². The molecule has 0 fully saturated rings. The summed E-state index contributed by atoms with van der Waals surface area (Å²) in [6.07, 6.45) is 0. The van der Waals surface area contributed by atoms with Crippen molar-refractivity contribution in [1.82, 2.24) is 0 Å². The van der Waals surface area contributed by atoms with Gasteiger partial charge in [0, 0.05) is 4.47 Å². The average molecular weight is 232 g/mol. The summed E-state index contributed by atoms with van der Waals surface area (Å²) in [6.45, 7) is 5.76. The second kappa shape index (κ2) is 3.42. The summed E-state index contributed by atoms with van der Waals surface area (Å²) in [5.74, 6) is 0. The number of allylic oxidation sites excluding steroid dienone is 1. The third-order valence-electron chi connectivity index (χ3n) is 1.41. The Morgan fingerprint density at radius 3 is 2.64 bits per heavy atom. The van der Waals surface area contributed by atoms with Crippen molar-refractivity contribution in [1.29, 1.82) is 0 Å². The van der Waals surface area contributed by atoms with Crippen LogP contribution in [0.15, 0.2) is 29.3 Å². The topological polar surface area (TPSA) is 0 Å². The highest BCUT2D eigenvalue weighted by Gasteiger charge is 2.02. The molecule has 0 spiro atoms. The van der Waals surface area contributed by atoms with Crippen molar-refractivity contribution >= 4 is 33.1 Å². The van der Waals surface area contributed by atoms with Gasteiger partial charge in [-0.2, -0.15) is 0 Å². The number of rotatable bonds is 1. The molecule has 0 atom stereocenters. The summed E-state index contributed by atoms with van der Waals surface area (Å²) in [5.41, 5.74) is 1.98. The maximum absolute atomic E-state index is 5.98. The van der Waals surface area contributed by atoms with E-state index >= 15 is 0 Å². The molecule has 0 bridgehead atoms. The summed E-state index contributed by atoms with van der Waals surface area (Å²) < 4.78 is 0.916. The molecule has 0 nitrogen and oxygen atoms in total. The van der Waals surface area contributed by atoms with E-state index in [-0.39, 0.29) is 0 Å². The van der Waals surface area contributed by atoms with Gasteiger partial charge < -0.3 is 0 Å². The molecule has 1 aromatic carbocycles. The third kappa shape index (κ3) is 1.85. The predicted molar refractivity (Wildman–Crippen MR) is 53.9 cm³/mol. The molecule has 2 heteroatoms. The van der Waals surface area contributed by atoms with Crippen molar-refractivity contribution < 1.29 is 0 Å². The molecule has 0 aliphatic carbocycles. The summed E-state index contributed by atoms with van der Waals surface area (Å²) in [5, 5.41) is 0.736. The lowest BCUT2D eigenvalue weighted by molar-refractivity contribution is 1.55. The standard InChI is InChI=1S/C9H8BrCl/c1-6(2)7-4-3-5-8(10)9(7)11/h3-5H,1H2,2H3. The number of hydrogen-bond acceptors (Lipinski definition) is 0. The van der Waals surface area contributed by atoms with E-state index in [9.17, 15) is 0 Å². The van der Waals surface area contributed by atoms with Gasteiger partial charge in [-0.05, 0) is 40.1 Å². The Morgan fingerprint density at radius 1 is 1.55 bits per heavy atom. The van der Waals surface area contributed by atoms with Crippen molar-refractivity contribution in [3.63, 3.8) is 0 Å². The number of halogens is 2. The van der Waals surface area contributed by atoms with E-state index in [0.717, 1.165) is 20.6 Å². The van der Waals surface area contributed by atoms with Crippen LogP contribution in [0.3, 0.4) is 0 Å². The maximum atomic E-state index is 5.98. The van der Waals surface area contributed by atoms with Gasteiger partial charge in [0.15, 0.2) is 0 Å². The van der Waals surface area contributed by atoms with E-state index in [1.807, 2.05) is 25.1 Å². The van der Waals surface area contributed by atoms with Crippen molar-refractivity contribution in [2.75, 3.05) is 0 Å². The first kappa shape index (κ1) is 8.82. The lowest BCUT2D eigenvalue weighted by Crippen LogP contribution is -1.80. The van der Waals surface area contributed by atoms with Crippen LogP contribution in [0.2, 0.25) is 5.02 Å². The Bertz CT molecular complexity index is 292. The molecule has 0 aliphatic rings. The van der Waals surface area contributed by atoms with Crippen molar-refractivity contribution in [2.45, 2.75) is 6.92 Å². The zero-order valence-corrected chi connectivity index (χ0v) is 8.54. The Balaban J connectivity index is 3.27. The molecule has 0 heterocycles. The second-order valence-electron chi connectivity index (χ2n) is 2.38. The summed E-state index contributed by atoms with van der Waals surface area (Å²) in [4.78, 5) is 0. The van der Waals surface area contributed by atoms with E-state index in [4.69, 9.17) is 11.6 Å². The van der Waals surface area contributed by atoms with E-state index in [2.05, 4.69) is 22.5 Å². The minimum absolute atomic E-state index is 0.736. The molecule has 0 N–H and O–H groups in total. The van der Waals surface area contributed by atoms with E-state index in [1.54, 1.807) is 0 Å². The second-order valence-corrected chi connectivity index (χ2v) is 3.61. The Kier molecular flexibility index (Phi) is 2.74. The van der Waals surface area contributed by atoms with Crippen LogP contribution in [-0.4, -0.2) is 0 Å². The molecular weight excluding hydrogens is 223 g/mol. The van der Waals surface area contributed by atoms with Crippen molar-refractivity contribution in [3.8, 4) is 0 Å². The van der Waals surface area contributed by atoms with Crippen LogP contribution < -0.4 is 0 Å². The average Bonchev–Trinajstić information content (AvgIpc) is 1.94. The summed E-state index contributed by atoms with van der Waals surface area (Å²) in [7, 11) is 0. The Labute approximate surface area is 80.0 Å². The molecule has 0 amide bonds. The highest BCUT2D eigenvalue weighted by molar-refractivity contribution is 9.10. The van der Waals surface area contributed by atoms with Crippen molar-refractivity contribution in [2.24, 2.45) is 0 Å². The van der Waals surface area contributed by atoms with Gasteiger partial charge in [0.05, 0.1) is 5.02 Å². The van der Waals surface area contributed by atoms with Crippen LogP contribution in [0.1, 0.15) is 12.5 Å². The van der Waals surface area contributed by atoms with Crippen LogP contribution >= 0.6 is 27.5 Å². The Hall–Kier alpha value is -0.270. The highest BCUT2D eigenvalue weighted by Crippen LogP contribution is 2.29. The summed E-state index contributed by atoms with van der Waals surface area (Å²) >= 11 is 9.32. The first-order chi connectivity index (χ1) is 5.13. The monoisotopic (exact) mass is 230 g/mol. The van der Waals surface area contributed by atoms with E-state index in [1.165, 1.54) is 0 Å². The first-order valence-corrected chi connectivity index (χ1v) is 4.40. The zero-order chi connectivity index (χ0) is 8.43. The fourth-order valence-electron chi connectivity index (χ4n) is 0.833. The number of benzene rings is 1. The SMILES string of the molecule is C=C(C)c1cccc(Br)c1Cl. The fraction of sp³-hybridized carbons (Fsp3) is 0.111. The van der Waals surface area contributed by atoms with E-state index < -0.39 is 0 Å². The van der Waals surface area contributed by atoms with E-state index in [0.29, 0.717) is 0 Å². The minimum atomic E-state index is 0.736. The lowest BCUT2D eigenvalue weighted by atomic mass is 10.1. The molecule has 11 heavy (non-hydrogen) atoms. The van der Waals surface area contributed by atoms with Crippen LogP contribution in [0.5, 0.6) is 0 Å². The molecular formula is C9H8BrCl. The zero-order valence-electron chi connectivity index (χ0n) is 6.20. The lowest BCUT2D eigenvalue weighted by Gasteiger charge is -2.03. The molecule has 1 aromatic rings. The normalized spacial score (nSPS) is 9.73. The van der Waals surface area contributed by atoms with Gasteiger partial charge in [-0.25, -0.2) is 0 Å². The van der Waals surface area contributed by atoms with Gasteiger partial charge >= 0.3 is 0 Å². The van der Waals surface area contributed by atoms with Crippen LogP contribution in [0.4, 0.5) is 0 Å². The minimum Gasteiger partial charge on any atom is -0.0955 e. The molecule has 0 radical (unpaired) electrons. The predicted octanol–water partition coefficient (Wildman–Crippen LogP) is 4.14. The van der Waals surface area contributed by atoms with Gasteiger partial charge in [-0.1, -0.05) is 30.3 Å². The molecule has 0 saturated heterocycles. The van der Waals surface area contributed by atoms with Gasteiger partial charge in [0.2, 0.25) is 0 Å². The highest BCUT2D eigenvalue weighted by atomic mass is 79.9. The quantitative estimate of drug-likeness (QED) is 0.681. The van der Waals surface area contributed by atoms with Crippen LogP contribution in [-0.2, 0) is 0 Å². The number of hydrogen-bond donors (Lipinski definition) is 0. The molecule has 0 aromatic heterocycles. The maximum Gasteiger partial charge on any atom is 0.0622 e. The molecule has 0 unspecified atom stereocenters. The van der Waals surface area contributed by atoms with Crippen LogP contribution in [0.25, 0.3) is 5.57 Å². The van der Waals surface area contributed by atoms with Crippen molar-refractivity contribution in [3.05, 3.63) is 39.8 Å². The largest absolute Gasteiger partial charge is 0.0955 e. The van der Waals surface area contributed by atoms with Crippen LogP contribution in [0, 0.1) is 0 Å². The fourth-order valence-corrected chi connectivity index (χ4v) is 1.49. The molecule has 0 aliphatic heterocycles. The van der Waals surface area contributed by atoms with Gasteiger partial charge in [-0.3, -0.25) is 0 Å². The molecule has 0 saturated carbocycles. The van der Waals surface area contributed by atoms with Gasteiger partial charge in [0.1, 0.15) is 0 Å². The third-order valence-corrected chi connectivity index (χ3v) is 2.71. The Morgan fingerprint density at radius 2 is 2.18 bits per heavy atom.